The molecule has 7 heteroatoms. The molecular weight excluding hydrogens is 394 g/mol. The molecule has 0 aliphatic carbocycles. The molecule has 0 amide bonds. The maximum atomic E-state index is 6.11. The van der Waals surface area contributed by atoms with Crippen molar-refractivity contribution >= 4 is 0 Å². The molecule has 3 heterocycles. The fourth-order valence-corrected chi connectivity index (χ4v) is 4.09. The number of aromatic nitrogens is 2. The lowest BCUT2D eigenvalue weighted by molar-refractivity contribution is 0.0145. The molecule has 0 N–H and O–H groups in total. The van der Waals surface area contributed by atoms with E-state index >= 15 is 0 Å². The summed E-state index contributed by atoms with van der Waals surface area (Å²) in [6.45, 7) is 4.25. The SMILES string of the molecule is COc1cccc(CN2CC(Oc3ccc(-c4noc(C5CCOCC5)n4)cc3)C2)c1. The van der Waals surface area contributed by atoms with Crippen LogP contribution in [0.15, 0.2) is 53.1 Å². The van der Waals surface area contributed by atoms with Crippen molar-refractivity contribution in [3.63, 3.8) is 0 Å². The largest absolute Gasteiger partial charge is 0.497 e. The minimum Gasteiger partial charge on any atom is -0.497 e. The number of benzene rings is 2. The monoisotopic (exact) mass is 421 g/mol. The summed E-state index contributed by atoms with van der Waals surface area (Å²) >= 11 is 0. The number of hydrogen-bond acceptors (Lipinski definition) is 7. The third-order valence-electron chi connectivity index (χ3n) is 5.89. The van der Waals surface area contributed by atoms with Crippen molar-refractivity contribution in [1.82, 2.24) is 15.0 Å². The van der Waals surface area contributed by atoms with E-state index in [9.17, 15) is 0 Å². The zero-order valence-electron chi connectivity index (χ0n) is 17.7. The average Bonchev–Trinajstić information content (AvgIpc) is 3.29. The van der Waals surface area contributed by atoms with Gasteiger partial charge in [-0.15, -0.1) is 0 Å². The van der Waals surface area contributed by atoms with Gasteiger partial charge in [-0.3, -0.25) is 4.90 Å². The fourth-order valence-electron chi connectivity index (χ4n) is 4.09. The first-order valence-electron chi connectivity index (χ1n) is 10.8. The molecule has 0 bridgehead atoms. The minimum atomic E-state index is 0.210. The van der Waals surface area contributed by atoms with Gasteiger partial charge in [0.25, 0.3) is 0 Å². The third-order valence-corrected chi connectivity index (χ3v) is 5.89. The van der Waals surface area contributed by atoms with Gasteiger partial charge in [-0.25, -0.2) is 0 Å². The van der Waals surface area contributed by atoms with E-state index in [-0.39, 0.29) is 6.10 Å². The van der Waals surface area contributed by atoms with Crippen molar-refractivity contribution in [3.05, 3.63) is 60.0 Å². The van der Waals surface area contributed by atoms with Crippen LogP contribution in [0.3, 0.4) is 0 Å². The summed E-state index contributed by atoms with van der Waals surface area (Å²) in [4.78, 5) is 6.96. The maximum Gasteiger partial charge on any atom is 0.230 e. The van der Waals surface area contributed by atoms with Gasteiger partial charge in [0.2, 0.25) is 11.7 Å². The molecule has 2 fully saturated rings. The first-order valence-corrected chi connectivity index (χ1v) is 10.8. The van der Waals surface area contributed by atoms with Gasteiger partial charge in [0, 0.05) is 44.3 Å². The molecule has 162 valence electrons. The summed E-state index contributed by atoms with van der Waals surface area (Å²) in [7, 11) is 1.70. The van der Waals surface area contributed by atoms with E-state index in [1.807, 2.05) is 36.4 Å². The molecule has 1 aromatic heterocycles. The second kappa shape index (κ2) is 9.08. The van der Waals surface area contributed by atoms with E-state index < -0.39 is 0 Å². The molecule has 2 aliphatic rings. The first kappa shape index (κ1) is 20.0. The number of rotatable bonds is 7. The van der Waals surface area contributed by atoms with Gasteiger partial charge in [-0.1, -0.05) is 17.3 Å². The summed E-state index contributed by atoms with van der Waals surface area (Å²) < 4.78 is 22.3. The van der Waals surface area contributed by atoms with Crippen LogP contribution in [-0.2, 0) is 11.3 Å². The van der Waals surface area contributed by atoms with Gasteiger partial charge < -0.3 is 18.7 Å². The molecule has 2 aromatic carbocycles. The zero-order valence-corrected chi connectivity index (χ0v) is 17.7. The fraction of sp³-hybridized carbons (Fsp3) is 0.417. The van der Waals surface area contributed by atoms with Crippen molar-refractivity contribution in [3.8, 4) is 22.9 Å². The molecule has 5 rings (SSSR count). The second-order valence-corrected chi connectivity index (χ2v) is 8.15. The Hall–Kier alpha value is -2.90. The predicted molar refractivity (Wildman–Crippen MR) is 115 cm³/mol. The molecule has 0 spiro atoms. The first-order chi connectivity index (χ1) is 15.3. The normalized spacial score (nSPS) is 18.0. The summed E-state index contributed by atoms with van der Waals surface area (Å²) in [6, 6.07) is 16.1. The van der Waals surface area contributed by atoms with Gasteiger partial charge >= 0.3 is 0 Å². The average molecular weight is 421 g/mol. The van der Waals surface area contributed by atoms with Gasteiger partial charge in [-0.05, 0) is 54.8 Å². The minimum absolute atomic E-state index is 0.210. The Balaban J connectivity index is 1.12. The van der Waals surface area contributed by atoms with Crippen LogP contribution in [0.5, 0.6) is 11.5 Å². The molecule has 7 nitrogen and oxygen atoms in total. The van der Waals surface area contributed by atoms with Crippen LogP contribution < -0.4 is 9.47 Å². The van der Waals surface area contributed by atoms with Gasteiger partial charge in [-0.2, -0.15) is 4.98 Å². The van der Waals surface area contributed by atoms with Crippen molar-refractivity contribution in [2.75, 3.05) is 33.4 Å². The van der Waals surface area contributed by atoms with E-state index in [0.717, 1.165) is 62.8 Å². The van der Waals surface area contributed by atoms with E-state index in [0.29, 0.717) is 17.6 Å². The number of nitrogens with zero attached hydrogens (tertiary/aromatic N) is 3. The second-order valence-electron chi connectivity index (χ2n) is 8.15. The Bertz CT molecular complexity index is 992. The van der Waals surface area contributed by atoms with E-state index in [1.165, 1.54) is 5.56 Å². The molecule has 3 aromatic rings. The van der Waals surface area contributed by atoms with E-state index in [4.69, 9.17) is 18.7 Å². The standard InChI is InChI=1S/C24H27N3O4/c1-28-21-4-2-3-17(13-21)14-27-15-22(16-27)30-20-7-5-18(6-8-20)23-25-24(31-26-23)19-9-11-29-12-10-19/h2-8,13,19,22H,9-12,14-16H2,1H3. The van der Waals surface area contributed by atoms with E-state index in [1.54, 1.807) is 7.11 Å². The maximum absolute atomic E-state index is 6.11. The smallest absolute Gasteiger partial charge is 0.230 e. The highest BCUT2D eigenvalue weighted by Gasteiger charge is 2.28. The van der Waals surface area contributed by atoms with Crippen LogP contribution in [0.25, 0.3) is 11.4 Å². The van der Waals surface area contributed by atoms with Crippen molar-refractivity contribution in [2.45, 2.75) is 31.4 Å². The highest BCUT2D eigenvalue weighted by molar-refractivity contribution is 5.55. The number of hydrogen-bond donors (Lipinski definition) is 0. The lowest BCUT2D eigenvalue weighted by Gasteiger charge is -2.39. The lowest BCUT2D eigenvalue weighted by atomic mass is 10.0. The van der Waals surface area contributed by atoms with Crippen LogP contribution in [0, 0.1) is 0 Å². The molecule has 0 atom stereocenters. The van der Waals surface area contributed by atoms with Crippen molar-refractivity contribution in [1.29, 1.82) is 0 Å². The Kier molecular flexibility index (Phi) is 5.86. The van der Waals surface area contributed by atoms with Crippen LogP contribution in [0.1, 0.15) is 30.2 Å². The number of likely N-dealkylation sites (tertiary alicyclic amines) is 1. The summed E-state index contributed by atoms with van der Waals surface area (Å²) in [6.07, 6.45) is 2.08. The third kappa shape index (κ3) is 4.73. The molecule has 2 aliphatic heterocycles. The zero-order chi connectivity index (χ0) is 21.0. The topological polar surface area (TPSA) is 69.9 Å². The highest BCUT2D eigenvalue weighted by Crippen LogP contribution is 2.28. The molecule has 2 saturated heterocycles. The summed E-state index contributed by atoms with van der Waals surface area (Å²) in [5.41, 5.74) is 2.19. The Morgan fingerprint density at radius 2 is 1.84 bits per heavy atom. The Morgan fingerprint density at radius 1 is 1.03 bits per heavy atom. The Morgan fingerprint density at radius 3 is 2.61 bits per heavy atom. The lowest BCUT2D eigenvalue weighted by Crippen LogP contribution is -2.53. The molecular formula is C24H27N3O4. The van der Waals surface area contributed by atoms with Gasteiger partial charge in [0.1, 0.15) is 17.6 Å². The molecule has 0 radical (unpaired) electrons. The van der Waals surface area contributed by atoms with Crippen LogP contribution in [-0.4, -0.2) is 54.6 Å². The Labute approximate surface area is 181 Å². The molecule has 31 heavy (non-hydrogen) atoms. The quantitative estimate of drug-likeness (QED) is 0.573. The van der Waals surface area contributed by atoms with Crippen LogP contribution in [0.4, 0.5) is 0 Å². The molecule has 0 saturated carbocycles. The van der Waals surface area contributed by atoms with Crippen molar-refractivity contribution < 1.29 is 18.7 Å². The van der Waals surface area contributed by atoms with Gasteiger partial charge in [0.15, 0.2) is 0 Å². The predicted octanol–water partition coefficient (Wildman–Crippen LogP) is 3.90. The summed E-state index contributed by atoms with van der Waals surface area (Å²) in [5, 5.41) is 4.16. The number of ether oxygens (including phenoxy) is 3. The molecule has 0 unspecified atom stereocenters. The summed E-state index contributed by atoms with van der Waals surface area (Å²) in [5.74, 6) is 3.40. The van der Waals surface area contributed by atoms with Crippen LogP contribution in [0.2, 0.25) is 0 Å². The van der Waals surface area contributed by atoms with Crippen molar-refractivity contribution in [2.24, 2.45) is 0 Å². The number of methoxy groups -OCH3 is 1. The van der Waals surface area contributed by atoms with E-state index in [2.05, 4.69) is 27.2 Å². The highest BCUT2D eigenvalue weighted by atomic mass is 16.5. The van der Waals surface area contributed by atoms with Gasteiger partial charge in [0.05, 0.1) is 7.11 Å². The van der Waals surface area contributed by atoms with Crippen LogP contribution >= 0.6 is 0 Å².